The van der Waals surface area contributed by atoms with Crippen LogP contribution in [0.2, 0.25) is 0 Å². The first-order valence-electron chi connectivity index (χ1n) is 9.25. The Morgan fingerprint density at radius 2 is 1.84 bits per heavy atom. The zero-order valence-electron chi connectivity index (χ0n) is 16.3. The van der Waals surface area contributed by atoms with Gasteiger partial charge in [0.2, 0.25) is 11.7 Å². The second-order valence-corrected chi connectivity index (χ2v) is 6.96. The summed E-state index contributed by atoms with van der Waals surface area (Å²) >= 11 is 0. The molecule has 1 N–H and O–H groups in total. The van der Waals surface area contributed by atoms with E-state index < -0.39 is 48.4 Å². The topological polar surface area (TPSA) is 77.0 Å². The van der Waals surface area contributed by atoms with Gasteiger partial charge in [-0.3, -0.25) is 4.79 Å². The molecule has 1 unspecified atom stereocenters. The summed E-state index contributed by atoms with van der Waals surface area (Å²) in [5, 5.41) is 3.75. The summed E-state index contributed by atoms with van der Waals surface area (Å²) in [6.45, 7) is -1.01. The lowest BCUT2D eigenvalue weighted by Gasteiger charge is -2.21. The molecule has 6 nitrogen and oxygen atoms in total. The van der Waals surface area contributed by atoms with Gasteiger partial charge in [0, 0.05) is 17.9 Å². The van der Waals surface area contributed by atoms with Gasteiger partial charge in [-0.1, -0.05) is 25.1 Å². The van der Waals surface area contributed by atoms with E-state index in [0.29, 0.717) is 0 Å². The number of hydrogen-bond acceptors (Lipinski definition) is 5. The lowest BCUT2D eigenvalue weighted by Crippen LogP contribution is -2.33. The van der Waals surface area contributed by atoms with Gasteiger partial charge in [0.1, 0.15) is 0 Å². The van der Waals surface area contributed by atoms with Gasteiger partial charge in [-0.2, -0.15) is 18.3 Å². The van der Waals surface area contributed by atoms with Crippen LogP contribution in [0.3, 0.4) is 0 Å². The Balaban J connectivity index is 1.64. The normalized spacial score (nSPS) is 16.4. The Hall–Kier alpha value is -3.43. The van der Waals surface area contributed by atoms with Crippen molar-refractivity contribution in [2.75, 3.05) is 13.2 Å². The lowest BCUT2D eigenvalue weighted by atomic mass is 9.93. The van der Waals surface area contributed by atoms with Gasteiger partial charge in [0.15, 0.2) is 24.8 Å². The predicted octanol–water partition coefficient (Wildman–Crippen LogP) is 3.70. The van der Waals surface area contributed by atoms with Crippen molar-refractivity contribution in [3.8, 4) is 5.75 Å². The Bertz CT molecular complexity index is 1010. The number of benzene rings is 2. The number of nitrogens with one attached hydrogen (secondary N) is 1. The van der Waals surface area contributed by atoms with E-state index in [-0.39, 0.29) is 29.2 Å². The molecule has 0 aromatic heterocycles. The first-order valence-corrected chi connectivity index (χ1v) is 9.25. The van der Waals surface area contributed by atoms with Crippen LogP contribution in [0.5, 0.6) is 5.75 Å². The minimum atomic E-state index is -3.64. The molecule has 1 atom stereocenters. The number of nitrogens with zero attached hydrogens (tertiary/aromatic N) is 1. The number of carbonyl (C=O) groups excluding carboxylic acids is 2. The van der Waals surface area contributed by atoms with Crippen LogP contribution in [-0.4, -0.2) is 36.7 Å². The van der Waals surface area contributed by atoms with E-state index in [2.05, 4.69) is 15.3 Å². The van der Waals surface area contributed by atoms with E-state index >= 15 is 0 Å². The number of esters is 1. The molecule has 0 bridgehead atoms. The summed E-state index contributed by atoms with van der Waals surface area (Å²) in [4.78, 5) is 23.1. The number of carbonyl (C=O) groups is 2. The largest absolute Gasteiger partial charge is 0.484 e. The van der Waals surface area contributed by atoms with Crippen LogP contribution in [0.4, 0.5) is 17.6 Å². The molecule has 1 heterocycles. The molecule has 3 rings (SSSR count). The van der Waals surface area contributed by atoms with Gasteiger partial charge in [0.05, 0.1) is 11.3 Å². The summed E-state index contributed by atoms with van der Waals surface area (Å²) in [5.74, 6) is -8.94. The summed E-state index contributed by atoms with van der Waals surface area (Å²) in [6, 6.07) is 9.67. The van der Waals surface area contributed by atoms with Crippen LogP contribution in [-0.2, 0) is 9.53 Å². The van der Waals surface area contributed by atoms with Crippen LogP contribution >= 0.6 is 0 Å². The fourth-order valence-electron chi connectivity index (χ4n) is 2.87. The molecule has 10 heteroatoms. The molecule has 0 aliphatic carbocycles. The first-order chi connectivity index (χ1) is 14.7. The highest BCUT2D eigenvalue weighted by Gasteiger charge is 2.34. The SMILES string of the molecule is CC1CC(=O)NN=C1c1ccc(OCC(F)(F)COC(=O)c2ccccc2)c(F)c1F. The fraction of sp³-hybridized carbons (Fsp3) is 0.286. The van der Waals surface area contributed by atoms with Gasteiger partial charge in [0.25, 0.3) is 0 Å². The lowest BCUT2D eigenvalue weighted by molar-refractivity contribution is -0.121. The molecule has 1 aliphatic rings. The highest BCUT2D eigenvalue weighted by molar-refractivity contribution is 6.06. The average molecular weight is 438 g/mol. The molecule has 0 radical (unpaired) electrons. The molecule has 2 aromatic rings. The fourth-order valence-corrected chi connectivity index (χ4v) is 2.87. The maximum absolute atomic E-state index is 14.5. The number of ether oxygens (including phenoxy) is 2. The molecule has 1 aliphatic heterocycles. The summed E-state index contributed by atoms with van der Waals surface area (Å²) in [7, 11) is 0. The van der Waals surface area contributed by atoms with E-state index in [4.69, 9.17) is 4.74 Å². The molecule has 1 amide bonds. The van der Waals surface area contributed by atoms with Crippen LogP contribution in [0.15, 0.2) is 47.6 Å². The van der Waals surface area contributed by atoms with Crippen LogP contribution in [0, 0.1) is 17.6 Å². The van der Waals surface area contributed by atoms with Crippen molar-refractivity contribution in [3.63, 3.8) is 0 Å². The van der Waals surface area contributed by atoms with Gasteiger partial charge in [-0.05, 0) is 24.3 Å². The quantitative estimate of drug-likeness (QED) is 0.528. The number of hydrogen-bond donors (Lipinski definition) is 1. The second-order valence-electron chi connectivity index (χ2n) is 6.96. The number of amides is 1. The molecule has 0 fully saturated rings. The van der Waals surface area contributed by atoms with Gasteiger partial charge in [-0.15, -0.1) is 0 Å². The number of hydrazone groups is 1. The molecular formula is C21H18F4N2O4. The highest BCUT2D eigenvalue weighted by atomic mass is 19.3. The van der Waals surface area contributed by atoms with E-state index in [0.717, 1.165) is 12.1 Å². The zero-order chi connectivity index (χ0) is 22.6. The molecule has 0 saturated heterocycles. The minimum Gasteiger partial charge on any atom is -0.484 e. The molecular weight excluding hydrogens is 420 g/mol. The van der Waals surface area contributed by atoms with E-state index in [1.54, 1.807) is 25.1 Å². The summed E-state index contributed by atoms with van der Waals surface area (Å²) < 4.78 is 66.1. The van der Waals surface area contributed by atoms with Crippen molar-refractivity contribution in [1.82, 2.24) is 5.43 Å². The molecule has 0 spiro atoms. The minimum absolute atomic E-state index is 0.0477. The maximum Gasteiger partial charge on any atom is 0.338 e. The highest BCUT2D eigenvalue weighted by Crippen LogP contribution is 2.28. The average Bonchev–Trinajstić information content (AvgIpc) is 2.74. The predicted molar refractivity (Wildman–Crippen MR) is 102 cm³/mol. The molecule has 2 aromatic carbocycles. The Morgan fingerprint density at radius 1 is 1.13 bits per heavy atom. The van der Waals surface area contributed by atoms with Crippen LogP contribution in [0.25, 0.3) is 0 Å². The van der Waals surface area contributed by atoms with Crippen molar-refractivity contribution in [3.05, 3.63) is 65.2 Å². The number of halogens is 4. The third-order valence-electron chi connectivity index (χ3n) is 4.45. The van der Waals surface area contributed by atoms with E-state index in [1.807, 2.05) is 0 Å². The van der Waals surface area contributed by atoms with Crippen molar-refractivity contribution >= 4 is 17.6 Å². The molecule has 164 valence electrons. The summed E-state index contributed by atoms with van der Waals surface area (Å²) in [5.41, 5.74) is 2.20. The Kier molecular flexibility index (Phi) is 6.57. The standard InChI is InChI=1S/C21H18F4N2O4/c1-12-9-16(28)26-27-19(12)14-7-8-15(18(23)17(14)22)30-10-21(24,25)11-31-20(29)13-5-3-2-4-6-13/h2-8,12H,9-11H2,1H3,(H,26,28). The maximum atomic E-state index is 14.5. The number of alkyl halides is 2. The zero-order valence-corrected chi connectivity index (χ0v) is 16.3. The van der Waals surface area contributed by atoms with Crippen molar-refractivity contribution in [2.24, 2.45) is 11.0 Å². The molecule has 0 saturated carbocycles. The monoisotopic (exact) mass is 438 g/mol. The van der Waals surface area contributed by atoms with Crippen molar-refractivity contribution in [2.45, 2.75) is 19.3 Å². The Morgan fingerprint density at radius 3 is 2.52 bits per heavy atom. The van der Waals surface area contributed by atoms with Crippen LogP contribution in [0.1, 0.15) is 29.3 Å². The van der Waals surface area contributed by atoms with Crippen LogP contribution < -0.4 is 10.2 Å². The smallest absolute Gasteiger partial charge is 0.338 e. The third-order valence-corrected chi connectivity index (χ3v) is 4.45. The first kappa shape index (κ1) is 22.3. The van der Waals surface area contributed by atoms with Gasteiger partial charge < -0.3 is 9.47 Å². The molecule has 31 heavy (non-hydrogen) atoms. The Labute approximate surface area is 174 Å². The van der Waals surface area contributed by atoms with E-state index in [1.165, 1.54) is 12.1 Å². The van der Waals surface area contributed by atoms with E-state index in [9.17, 15) is 27.2 Å². The van der Waals surface area contributed by atoms with Gasteiger partial charge >= 0.3 is 11.9 Å². The summed E-state index contributed by atoms with van der Waals surface area (Å²) in [6.07, 6.45) is 0.0477. The third kappa shape index (κ3) is 5.39. The number of rotatable bonds is 7. The van der Waals surface area contributed by atoms with Crippen molar-refractivity contribution < 1.29 is 36.6 Å². The van der Waals surface area contributed by atoms with Gasteiger partial charge in [-0.25, -0.2) is 14.6 Å². The second kappa shape index (κ2) is 9.15. The van der Waals surface area contributed by atoms with Crippen molar-refractivity contribution in [1.29, 1.82) is 0 Å².